The second kappa shape index (κ2) is 6.39. The molecule has 1 aromatic rings. The molecule has 1 saturated heterocycles. The van der Waals surface area contributed by atoms with Gasteiger partial charge in [0.15, 0.2) is 0 Å². The fourth-order valence-corrected chi connectivity index (χ4v) is 2.42. The number of ether oxygens (including phenoxy) is 1. The highest BCUT2D eigenvalue weighted by molar-refractivity contribution is 5.68. The zero-order chi connectivity index (χ0) is 17.2. The van der Waals surface area contributed by atoms with Crippen molar-refractivity contribution in [3.8, 4) is 0 Å². The number of nitrogens with zero attached hydrogens (tertiary/aromatic N) is 4. The largest absolute Gasteiger partial charge is 0.444 e. The Hall–Kier alpha value is -2.38. The molecule has 0 N–H and O–H groups in total. The van der Waals surface area contributed by atoms with E-state index in [1.54, 1.807) is 18.0 Å². The Bertz CT molecular complexity index is 582. The second-order valence-electron chi connectivity index (χ2n) is 6.61. The van der Waals surface area contributed by atoms with Crippen LogP contribution in [0.1, 0.15) is 27.2 Å². The van der Waals surface area contributed by atoms with E-state index in [1.165, 1.54) is 12.3 Å². The lowest BCUT2D eigenvalue weighted by molar-refractivity contribution is -0.385. The number of hydrogen-bond donors (Lipinski definition) is 0. The molecule has 0 spiro atoms. The van der Waals surface area contributed by atoms with Crippen LogP contribution in [-0.4, -0.2) is 52.7 Å². The van der Waals surface area contributed by atoms with Gasteiger partial charge in [-0.15, -0.1) is 0 Å². The number of rotatable bonds is 3. The van der Waals surface area contributed by atoms with Crippen molar-refractivity contribution < 1.29 is 14.5 Å². The summed E-state index contributed by atoms with van der Waals surface area (Å²) in [5, 5.41) is 10.7. The predicted molar refractivity (Wildman–Crippen MR) is 85.5 cm³/mol. The first-order chi connectivity index (χ1) is 10.7. The monoisotopic (exact) mass is 322 g/mol. The van der Waals surface area contributed by atoms with Crippen LogP contribution < -0.4 is 4.90 Å². The molecule has 0 saturated carbocycles. The summed E-state index contributed by atoms with van der Waals surface area (Å²) in [7, 11) is 1.73. The molecule has 0 aliphatic carbocycles. The number of aromatic nitrogens is 1. The lowest BCUT2D eigenvalue weighted by atomic mass is 10.2. The molecule has 2 heterocycles. The minimum absolute atomic E-state index is 0.0295. The molecule has 2 rings (SSSR count). The van der Waals surface area contributed by atoms with E-state index in [0.717, 1.165) is 13.0 Å². The number of pyridine rings is 1. The maximum atomic E-state index is 12.1. The zero-order valence-corrected chi connectivity index (χ0v) is 13.9. The third kappa shape index (κ3) is 4.30. The number of nitro groups is 1. The van der Waals surface area contributed by atoms with Crippen LogP contribution in [0.2, 0.25) is 0 Å². The van der Waals surface area contributed by atoms with Crippen molar-refractivity contribution in [2.24, 2.45) is 0 Å². The van der Waals surface area contributed by atoms with E-state index >= 15 is 0 Å². The van der Waals surface area contributed by atoms with Crippen LogP contribution in [0.3, 0.4) is 0 Å². The first kappa shape index (κ1) is 17.0. The molecule has 0 aromatic carbocycles. The van der Waals surface area contributed by atoms with E-state index in [0.29, 0.717) is 12.4 Å². The zero-order valence-electron chi connectivity index (χ0n) is 13.9. The molecule has 1 aliphatic heterocycles. The minimum atomic E-state index is -0.524. The van der Waals surface area contributed by atoms with Crippen molar-refractivity contribution >= 4 is 17.6 Å². The van der Waals surface area contributed by atoms with Crippen LogP contribution in [0.5, 0.6) is 0 Å². The molecule has 126 valence electrons. The summed E-state index contributed by atoms with van der Waals surface area (Å²) in [5.74, 6) is 0.677. The molecule has 1 atom stereocenters. The van der Waals surface area contributed by atoms with E-state index in [9.17, 15) is 14.9 Å². The predicted octanol–water partition coefficient (Wildman–Crippen LogP) is 2.44. The molecule has 1 unspecified atom stereocenters. The van der Waals surface area contributed by atoms with Crippen LogP contribution in [0, 0.1) is 10.1 Å². The van der Waals surface area contributed by atoms with Gasteiger partial charge in [0.25, 0.3) is 5.69 Å². The third-order valence-corrected chi connectivity index (χ3v) is 3.66. The van der Waals surface area contributed by atoms with Gasteiger partial charge in [0, 0.05) is 26.2 Å². The summed E-state index contributed by atoms with van der Waals surface area (Å²) in [4.78, 5) is 30.0. The average Bonchev–Trinajstić information content (AvgIpc) is 2.94. The van der Waals surface area contributed by atoms with Gasteiger partial charge in [-0.25, -0.2) is 9.78 Å². The summed E-state index contributed by atoms with van der Waals surface area (Å²) >= 11 is 0. The molecular formula is C15H22N4O4. The Balaban J connectivity index is 1.97. The molecule has 1 aromatic heterocycles. The van der Waals surface area contributed by atoms with Crippen molar-refractivity contribution in [1.82, 2.24) is 9.88 Å². The topological polar surface area (TPSA) is 88.8 Å². The number of amides is 1. The quantitative estimate of drug-likeness (QED) is 0.627. The average molecular weight is 322 g/mol. The van der Waals surface area contributed by atoms with E-state index in [2.05, 4.69) is 4.98 Å². The van der Waals surface area contributed by atoms with Crippen LogP contribution in [-0.2, 0) is 4.74 Å². The number of carbonyl (C=O) groups excluding carboxylic acids is 1. The molecule has 0 radical (unpaired) electrons. The van der Waals surface area contributed by atoms with Crippen molar-refractivity contribution in [1.29, 1.82) is 0 Å². The van der Waals surface area contributed by atoms with Crippen molar-refractivity contribution in [2.75, 3.05) is 25.0 Å². The van der Waals surface area contributed by atoms with Gasteiger partial charge in [0.2, 0.25) is 0 Å². The molecule has 23 heavy (non-hydrogen) atoms. The number of likely N-dealkylation sites (N-methyl/N-ethyl adjacent to an activating group) is 1. The fourth-order valence-electron chi connectivity index (χ4n) is 2.42. The van der Waals surface area contributed by atoms with Gasteiger partial charge in [-0.1, -0.05) is 0 Å². The van der Waals surface area contributed by atoms with Crippen LogP contribution in [0.15, 0.2) is 18.3 Å². The van der Waals surface area contributed by atoms with Gasteiger partial charge in [-0.3, -0.25) is 10.1 Å². The molecule has 1 fully saturated rings. The van der Waals surface area contributed by atoms with E-state index < -0.39 is 10.5 Å². The SMILES string of the molecule is CN(C(=O)OC(C)(C)C)C1CCN(c2ccc([N+](=O)[O-])cn2)C1. The third-order valence-electron chi connectivity index (χ3n) is 3.66. The molecule has 1 aliphatic rings. The van der Waals surface area contributed by atoms with Gasteiger partial charge in [-0.2, -0.15) is 0 Å². The standard InChI is InChI=1S/C15H22N4O4/c1-15(2,3)23-14(20)17(4)12-7-8-18(10-12)13-6-5-11(9-16-13)19(21)22/h5-6,9,12H,7-8,10H2,1-4H3. The summed E-state index contributed by atoms with van der Waals surface area (Å²) < 4.78 is 5.37. The van der Waals surface area contributed by atoms with Gasteiger partial charge < -0.3 is 14.5 Å². The lowest BCUT2D eigenvalue weighted by Gasteiger charge is -2.28. The summed E-state index contributed by atoms with van der Waals surface area (Å²) in [6.45, 7) is 6.87. The number of anilines is 1. The van der Waals surface area contributed by atoms with E-state index in [4.69, 9.17) is 4.74 Å². The van der Waals surface area contributed by atoms with Crippen LogP contribution >= 0.6 is 0 Å². The molecule has 0 bridgehead atoms. The summed E-state index contributed by atoms with van der Waals surface area (Å²) in [6, 6.07) is 3.10. The van der Waals surface area contributed by atoms with Gasteiger partial charge in [0.05, 0.1) is 11.0 Å². The van der Waals surface area contributed by atoms with E-state index in [-0.39, 0.29) is 17.8 Å². The Morgan fingerprint density at radius 2 is 2.17 bits per heavy atom. The van der Waals surface area contributed by atoms with E-state index in [1.807, 2.05) is 25.7 Å². The first-order valence-electron chi connectivity index (χ1n) is 7.48. The fraction of sp³-hybridized carbons (Fsp3) is 0.600. The Morgan fingerprint density at radius 3 is 2.70 bits per heavy atom. The molecular weight excluding hydrogens is 300 g/mol. The molecule has 8 nitrogen and oxygen atoms in total. The van der Waals surface area contributed by atoms with Gasteiger partial charge in [-0.05, 0) is 33.3 Å². The van der Waals surface area contributed by atoms with Gasteiger partial charge in [0.1, 0.15) is 17.6 Å². The maximum absolute atomic E-state index is 12.1. The molecule has 8 heteroatoms. The van der Waals surface area contributed by atoms with Crippen molar-refractivity contribution in [3.05, 3.63) is 28.4 Å². The second-order valence-corrected chi connectivity index (χ2v) is 6.61. The highest BCUT2D eigenvalue weighted by atomic mass is 16.6. The number of hydrogen-bond acceptors (Lipinski definition) is 6. The lowest BCUT2D eigenvalue weighted by Crippen LogP contribution is -2.42. The smallest absolute Gasteiger partial charge is 0.410 e. The summed E-state index contributed by atoms with van der Waals surface area (Å²) in [6.07, 6.45) is 1.70. The molecule has 1 amide bonds. The Kier molecular flexibility index (Phi) is 4.72. The van der Waals surface area contributed by atoms with Gasteiger partial charge >= 0.3 is 6.09 Å². The Morgan fingerprint density at radius 1 is 1.48 bits per heavy atom. The number of carbonyl (C=O) groups is 1. The summed E-state index contributed by atoms with van der Waals surface area (Å²) in [5.41, 5.74) is -0.556. The highest BCUT2D eigenvalue weighted by Gasteiger charge is 2.31. The highest BCUT2D eigenvalue weighted by Crippen LogP contribution is 2.23. The Labute approximate surface area is 135 Å². The van der Waals surface area contributed by atoms with Crippen LogP contribution in [0.4, 0.5) is 16.3 Å². The maximum Gasteiger partial charge on any atom is 0.410 e. The van der Waals surface area contributed by atoms with Crippen LogP contribution in [0.25, 0.3) is 0 Å². The van der Waals surface area contributed by atoms with Crippen molar-refractivity contribution in [2.45, 2.75) is 38.8 Å². The van der Waals surface area contributed by atoms with Crippen molar-refractivity contribution in [3.63, 3.8) is 0 Å². The first-order valence-corrected chi connectivity index (χ1v) is 7.48. The normalized spacial score (nSPS) is 17.9. The minimum Gasteiger partial charge on any atom is -0.444 e.